The van der Waals surface area contributed by atoms with Gasteiger partial charge in [-0.2, -0.15) is 0 Å². The van der Waals surface area contributed by atoms with Crippen LogP contribution in [-0.4, -0.2) is 24.7 Å². The van der Waals surface area contributed by atoms with E-state index in [1.54, 1.807) is 18.4 Å². The molecule has 1 aromatic rings. The summed E-state index contributed by atoms with van der Waals surface area (Å²) < 4.78 is 4.98. The zero-order chi connectivity index (χ0) is 10.6. The van der Waals surface area contributed by atoms with Gasteiger partial charge in [0.15, 0.2) is 0 Å². The van der Waals surface area contributed by atoms with E-state index in [4.69, 9.17) is 10.5 Å². The molecule has 1 heterocycles. The van der Waals surface area contributed by atoms with Crippen LogP contribution in [0, 0.1) is 13.8 Å². The summed E-state index contributed by atoms with van der Waals surface area (Å²) in [6.07, 6.45) is 1.91. The van der Waals surface area contributed by atoms with Crippen molar-refractivity contribution in [1.29, 1.82) is 0 Å². The fourth-order valence-electron chi connectivity index (χ4n) is 1.25. The van der Waals surface area contributed by atoms with Crippen LogP contribution in [0.5, 0.6) is 0 Å². The zero-order valence-electron chi connectivity index (χ0n) is 9.04. The Morgan fingerprint density at radius 1 is 1.50 bits per heavy atom. The normalized spacial score (nSPS) is 13.1. The Labute approximate surface area is 89.3 Å². The number of rotatable bonds is 5. The number of thiazole rings is 1. The fourth-order valence-corrected chi connectivity index (χ4v) is 2.20. The van der Waals surface area contributed by atoms with Gasteiger partial charge in [-0.05, 0) is 20.3 Å². The monoisotopic (exact) mass is 214 g/mol. The van der Waals surface area contributed by atoms with Crippen molar-refractivity contribution in [2.75, 3.05) is 13.7 Å². The summed E-state index contributed by atoms with van der Waals surface area (Å²) in [6.45, 7) is 4.78. The van der Waals surface area contributed by atoms with E-state index in [1.807, 2.05) is 6.92 Å². The Bertz CT molecular complexity index is 266. The number of ether oxygens (including phenoxy) is 1. The Kier molecular flexibility index (Phi) is 4.51. The van der Waals surface area contributed by atoms with Crippen LogP contribution in [0.4, 0.5) is 0 Å². The van der Waals surface area contributed by atoms with Crippen LogP contribution in [0.3, 0.4) is 0 Å². The Hall–Kier alpha value is -0.450. The molecule has 80 valence electrons. The van der Waals surface area contributed by atoms with Crippen molar-refractivity contribution in [2.24, 2.45) is 5.73 Å². The van der Waals surface area contributed by atoms with Crippen molar-refractivity contribution in [3.63, 3.8) is 0 Å². The van der Waals surface area contributed by atoms with Crippen molar-refractivity contribution in [2.45, 2.75) is 32.7 Å². The molecule has 14 heavy (non-hydrogen) atoms. The van der Waals surface area contributed by atoms with Crippen molar-refractivity contribution in [3.05, 3.63) is 15.6 Å². The first-order valence-electron chi connectivity index (χ1n) is 4.81. The van der Waals surface area contributed by atoms with Gasteiger partial charge < -0.3 is 10.5 Å². The lowest BCUT2D eigenvalue weighted by atomic mass is 10.2. The van der Waals surface area contributed by atoms with E-state index in [0.29, 0.717) is 6.61 Å². The summed E-state index contributed by atoms with van der Waals surface area (Å²) >= 11 is 1.77. The van der Waals surface area contributed by atoms with Crippen molar-refractivity contribution in [3.8, 4) is 0 Å². The molecule has 1 unspecified atom stereocenters. The number of aryl methyl sites for hydroxylation is 3. The second-order valence-electron chi connectivity index (χ2n) is 3.50. The van der Waals surface area contributed by atoms with Crippen LogP contribution in [0.15, 0.2) is 0 Å². The first kappa shape index (κ1) is 11.6. The number of aromatic nitrogens is 1. The zero-order valence-corrected chi connectivity index (χ0v) is 9.86. The smallest absolute Gasteiger partial charge is 0.0931 e. The van der Waals surface area contributed by atoms with Gasteiger partial charge in [0, 0.05) is 24.4 Å². The number of nitrogens with two attached hydrogens (primary N) is 1. The van der Waals surface area contributed by atoms with Crippen LogP contribution in [0.1, 0.15) is 22.0 Å². The Balaban J connectivity index is 2.38. The van der Waals surface area contributed by atoms with E-state index in [2.05, 4.69) is 11.9 Å². The van der Waals surface area contributed by atoms with E-state index in [0.717, 1.165) is 18.5 Å². The average molecular weight is 214 g/mol. The van der Waals surface area contributed by atoms with Crippen LogP contribution < -0.4 is 5.73 Å². The highest BCUT2D eigenvalue weighted by Gasteiger charge is 2.06. The predicted molar refractivity (Wildman–Crippen MR) is 59.8 cm³/mol. The summed E-state index contributed by atoms with van der Waals surface area (Å²) in [4.78, 5) is 5.77. The molecule has 0 aliphatic rings. The first-order chi connectivity index (χ1) is 6.63. The van der Waals surface area contributed by atoms with E-state index in [1.165, 1.54) is 9.88 Å². The third-order valence-electron chi connectivity index (χ3n) is 2.18. The molecule has 0 spiro atoms. The van der Waals surface area contributed by atoms with Gasteiger partial charge in [-0.3, -0.25) is 0 Å². The van der Waals surface area contributed by atoms with Gasteiger partial charge >= 0.3 is 0 Å². The molecule has 1 atom stereocenters. The van der Waals surface area contributed by atoms with Crippen molar-refractivity contribution in [1.82, 2.24) is 4.98 Å². The molecule has 1 rings (SSSR count). The van der Waals surface area contributed by atoms with E-state index >= 15 is 0 Å². The van der Waals surface area contributed by atoms with Crippen molar-refractivity contribution >= 4 is 11.3 Å². The van der Waals surface area contributed by atoms with Gasteiger partial charge in [-0.15, -0.1) is 11.3 Å². The van der Waals surface area contributed by atoms with Crippen molar-refractivity contribution < 1.29 is 4.74 Å². The molecule has 2 N–H and O–H groups in total. The molecule has 0 bridgehead atoms. The highest BCUT2D eigenvalue weighted by atomic mass is 32.1. The Morgan fingerprint density at radius 3 is 2.71 bits per heavy atom. The van der Waals surface area contributed by atoms with E-state index in [9.17, 15) is 0 Å². The maximum Gasteiger partial charge on any atom is 0.0931 e. The highest BCUT2D eigenvalue weighted by molar-refractivity contribution is 7.11. The summed E-state index contributed by atoms with van der Waals surface area (Å²) in [6, 6.07) is 0.129. The summed E-state index contributed by atoms with van der Waals surface area (Å²) in [5.41, 5.74) is 6.97. The van der Waals surface area contributed by atoms with Gasteiger partial charge in [0.2, 0.25) is 0 Å². The number of hydrogen-bond acceptors (Lipinski definition) is 4. The summed E-state index contributed by atoms with van der Waals surface area (Å²) in [5.74, 6) is 0. The lowest BCUT2D eigenvalue weighted by molar-refractivity contribution is 0.177. The molecule has 0 aromatic carbocycles. The minimum atomic E-state index is 0.129. The average Bonchev–Trinajstić information content (AvgIpc) is 2.44. The topological polar surface area (TPSA) is 48.1 Å². The molecule has 0 aliphatic carbocycles. The van der Waals surface area contributed by atoms with E-state index in [-0.39, 0.29) is 6.04 Å². The second kappa shape index (κ2) is 5.44. The molecule has 0 fully saturated rings. The molecule has 3 nitrogen and oxygen atoms in total. The Morgan fingerprint density at radius 2 is 2.21 bits per heavy atom. The van der Waals surface area contributed by atoms with Gasteiger partial charge in [-0.25, -0.2) is 4.98 Å². The molecular formula is C10H18N2OS. The third-order valence-corrected chi connectivity index (χ3v) is 3.32. The second-order valence-corrected chi connectivity index (χ2v) is 4.79. The molecule has 1 aromatic heterocycles. The molecule has 4 heteroatoms. The van der Waals surface area contributed by atoms with E-state index < -0.39 is 0 Å². The quantitative estimate of drug-likeness (QED) is 0.811. The van der Waals surface area contributed by atoms with Gasteiger partial charge in [0.1, 0.15) is 0 Å². The molecular weight excluding hydrogens is 196 g/mol. The lowest BCUT2D eigenvalue weighted by Gasteiger charge is -2.07. The molecule has 0 saturated carbocycles. The minimum absolute atomic E-state index is 0.129. The van der Waals surface area contributed by atoms with Gasteiger partial charge in [0.05, 0.1) is 17.3 Å². The predicted octanol–water partition coefficient (Wildman–Crippen LogP) is 1.67. The third kappa shape index (κ3) is 3.36. The number of hydrogen-bond donors (Lipinski definition) is 1. The maximum atomic E-state index is 5.83. The number of nitrogens with zero attached hydrogens (tertiary/aromatic N) is 1. The minimum Gasteiger partial charge on any atom is -0.383 e. The fraction of sp³-hybridized carbons (Fsp3) is 0.700. The van der Waals surface area contributed by atoms with Crippen LogP contribution in [0.25, 0.3) is 0 Å². The van der Waals surface area contributed by atoms with Crippen LogP contribution in [-0.2, 0) is 11.2 Å². The standard InChI is InChI=1S/C10H18N2OS/c1-7-8(2)14-10(12-7)5-4-9(11)6-13-3/h9H,4-6,11H2,1-3H3. The summed E-state index contributed by atoms with van der Waals surface area (Å²) in [7, 11) is 1.68. The highest BCUT2D eigenvalue weighted by Crippen LogP contribution is 2.17. The van der Waals surface area contributed by atoms with Crippen LogP contribution in [0.2, 0.25) is 0 Å². The maximum absolute atomic E-state index is 5.83. The largest absolute Gasteiger partial charge is 0.383 e. The summed E-state index contributed by atoms with van der Waals surface area (Å²) in [5, 5.41) is 1.19. The molecule has 0 amide bonds. The van der Waals surface area contributed by atoms with Gasteiger partial charge in [-0.1, -0.05) is 0 Å². The first-order valence-corrected chi connectivity index (χ1v) is 5.62. The van der Waals surface area contributed by atoms with Gasteiger partial charge in [0.25, 0.3) is 0 Å². The lowest BCUT2D eigenvalue weighted by Crippen LogP contribution is -2.26. The molecule has 0 saturated heterocycles. The molecule has 0 aliphatic heterocycles. The van der Waals surface area contributed by atoms with Crippen LogP contribution >= 0.6 is 11.3 Å². The SMILES string of the molecule is COCC(N)CCc1nc(C)c(C)s1. The number of methoxy groups -OCH3 is 1. The molecule has 0 radical (unpaired) electrons.